The van der Waals surface area contributed by atoms with E-state index < -0.39 is 0 Å². The molecule has 2 rings (SSSR count). The highest BCUT2D eigenvalue weighted by atomic mass is 79.9. The van der Waals surface area contributed by atoms with Crippen LogP contribution in [-0.2, 0) is 13.2 Å². The predicted octanol–water partition coefficient (Wildman–Crippen LogP) is 4.52. The molecule has 0 aromatic heterocycles. The van der Waals surface area contributed by atoms with Gasteiger partial charge in [0.25, 0.3) is 0 Å². The molecule has 0 fully saturated rings. The second-order valence-electron chi connectivity index (χ2n) is 4.55. The molecule has 0 aliphatic heterocycles. The number of hydrogen-bond acceptors (Lipinski definition) is 3. The number of ether oxygens (including phenoxy) is 2. The molecule has 0 aliphatic rings. The molecule has 5 heteroatoms. The van der Waals surface area contributed by atoms with Crippen molar-refractivity contribution in [1.82, 2.24) is 5.32 Å². The fourth-order valence-electron chi connectivity index (χ4n) is 1.94. The quantitative estimate of drug-likeness (QED) is 0.753. The third-order valence-corrected chi connectivity index (χ3v) is 4.23. The molecule has 0 spiro atoms. The lowest BCUT2D eigenvalue weighted by atomic mass is 10.2. The van der Waals surface area contributed by atoms with Gasteiger partial charge in [-0.05, 0) is 74.3 Å². The Balaban J connectivity index is 2.04. The first kappa shape index (κ1) is 16.3. The summed E-state index contributed by atoms with van der Waals surface area (Å²) in [5.41, 5.74) is 2.29. The maximum Gasteiger partial charge on any atom is 0.134 e. The first-order valence-electron chi connectivity index (χ1n) is 6.52. The second kappa shape index (κ2) is 7.82. The summed E-state index contributed by atoms with van der Waals surface area (Å²) >= 11 is 7.02. The molecule has 2 aromatic carbocycles. The van der Waals surface area contributed by atoms with E-state index in [2.05, 4.69) is 49.3 Å². The van der Waals surface area contributed by atoms with Gasteiger partial charge in [-0.2, -0.15) is 0 Å². The van der Waals surface area contributed by atoms with Gasteiger partial charge in [-0.3, -0.25) is 0 Å². The van der Waals surface area contributed by atoms with Gasteiger partial charge in [-0.25, -0.2) is 0 Å². The minimum absolute atomic E-state index is 0.507. The molecule has 0 atom stereocenters. The maximum atomic E-state index is 5.86. The zero-order chi connectivity index (χ0) is 15.2. The Hall–Kier alpha value is -1.04. The van der Waals surface area contributed by atoms with E-state index in [1.807, 2.05) is 31.3 Å². The Morgan fingerprint density at radius 3 is 2.19 bits per heavy atom. The smallest absolute Gasteiger partial charge is 0.134 e. The molecule has 0 amide bonds. The van der Waals surface area contributed by atoms with Crippen LogP contribution < -0.4 is 14.8 Å². The molecule has 3 nitrogen and oxygen atoms in total. The van der Waals surface area contributed by atoms with E-state index >= 15 is 0 Å². The third kappa shape index (κ3) is 4.46. The van der Waals surface area contributed by atoms with Gasteiger partial charge in [0.1, 0.15) is 18.1 Å². The van der Waals surface area contributed by atoms with Crippen LogP contribution in [0.1, 0.15) is 11.1 Å². The average Bonchev–Trinajstić information content (AvgIpc) is 2.47. The lowest BCUT2D eigenvalue weighted by Crippen LogP contribution is -2.05. The van der Waals surface area contributed by atoms with E-state index in [1.165, 1.54) is 5.56 Å². The molecular formula is C16H17Br2NO2. The number of benzene rings is 2. The maximum absolute atomic E-state index is 5.86. The summed E-state index contributed by atoms with van der Waals surface area (Å²) in [5.74, 6) is 1.65. The molecule has 21 heavy (non-hydrogen) atoms. The molecule has 0 bridgehead atoms. The summed E-state index contributed by atoms with van der Waals surface area (Å²) in [6, 6.07) is 12.0. The van der Waals surface area contributed by atoms with Crippen LogP contribution in [0.2, 0.25) is 0 Å². The standard InChI is InChI=1S/C16H17Br2NO2/c1-19-9-11-3-6-16(14(18)7-11)21-10-12-4-5-15(20-2)13(17)8-12/h3-8,19H,9-10H2,1-2H3. The van der Waals surface area contributed by atoms with E-state index in [0.717, 1.165) is 32.6 Å². The Labute approximate surface area is 141 Å². The minimum Gasteiger partial charge on any atom is -0.496 e. The molecule has 2 aromatic rings. The highest BCUT2D eigenvalue weighted by Gasteiger charge is 2.05. The highest BCUT2D eigenvalue weighted by molar-refractivity contribution is 9.10. The lowest BCUT2D eigenvalue weighted by Gasteiger charge is -2.11. The zero-order valence-corrected chi connectivity index (χ0v) is 15.1. The molecule has 0 unspecified atom stereocenters. The fraction of sp³-hybridized carbons (Fsp3) is 0.250. The van der Waals surface area contributed by atoms with Crippen molar-refractivity contribution >= 4 is 31.9 Å². The van der Waals surface area contributed by atoms with E-state index in [9.17, 15) is 0 Å². The van der Waals surface area contributed by atoms with Crippen LogP contribution >= 0.6 is 31.9 Å². The van der Waals surface area contributed by atoms with Crippen LogP contribution in [0.15, 0.2) is 45.3 Å². The summed E-state index contributed by atoms with van der Waals surface area (Å²) in [7, 11) is 3.58. The van der Waals surface area contributed by atoms with Crippen molar-refractivity contribution < 1.29 is 9.47 Å². The average molecular weight is 415 g/mol. The Morgan fingerprint density at radius 2 is 1.57 bits per heavy atom. The lowest BCUT2D eigenvalue weighted by molar-refractivity contribution is 0.304. The normalized spacial score (nSPS) is 10.5. The summed E-state index contributed by atoms with van der Waals surface area (Å²) in [5, 5.41) is 3.13. The van der Waals surface area contributed by atoms with Gasteiger partial charge < -0.3 is 14.8 Å². The fourth-order valence-corrected chi connectivity index (χ4v) is 3.06. The highest BCUT2D eigenvalue weighted by Crippen LogP contribution is 2.29. The van der Waals surface area contributed by atoms with E-state index in [0.29, 0.717) is 6.61 Å². The van der Waals surface area contributed by atoms with Gasteiger partial charge in [-0.15, -0.1) is 0 Å². The molecular weight excluding hydrogens is 398 g/mol. The van der Waals surface area contributed by atoms with Crippen LogP contribution in [-0.4, -0.2) is 14.2 Å². The molecule has 0 radical (unpaired) electrons. The topological polar surface area (TPSA) is 30.5 Å². The molecule has 1 N–H and O–H groups in total. The monoisotopic (exact) mass is 413 g/mol. The van der Waals surface area contributed by atoms with Gasteiger partial charge in [0.05, 0.1) is 16.1 Å². The first-order chi connectivity index (χ1) is 10.1. The summed E-state index contributed by atoms with van der Waals surface area (Å²) in [4.78, 5) is 0. The van der Waals surface area contributed by atoms with Crippen molar-refractivity contribution in [3.8, 4) is 11.5 Å². The SMILES string of the molecule is CNCc1ccc(OCc2ccc(OC)c(Br)c2)c(Br)c1. The second-order valence-corrected chi connectivity index (χ2v) is 6.26. The van der Waals surface area contributed by atoms with Crippen LogP contribution in [0.3, 0.4) is 0 Å². The van der Waals surface area contributed by atoms with E-state index in [1.54, 1.807) is 7.11 Å². The largest absolute Gasteiger partial charge is 0.496 e. The van der Waals surface area contributed by atoms with Crippen molar-refractivity contribution in [2.24, 2.45) is 0 Å². The van der Waals surface area contributed by atoms with Crippen molar-refractivity contribution in [3.63, 3.8) is 0 Å². The zero-order valence-electron chi connectivity index (χ0n) is 12.0. The van der Waals surface area contributed by atoms with Crippen LogP contribution in [0.25, 0.3) is 0 Å². The molecule has 0 saturated carbocycles. The molecule has 0 saturated heterocycles. The summed E-state index contributed by atoms with van der Waals surface area (Å²) < 4.78 is 13.0. The Bertz CT molecular complexity index is 617. The summed E-state index contributed by atoms with van der Waals surface area (Å²) in [6.45, 7) is 1.34. The number of methoxy groups -OCH3 is 1. The number of hydrogen-bond donors (Lipinski definition) is 1. The number of halogens is 2. The molecule has 0 heterocycles. The van der Waals surface area contributed by atoms with Gasteiger partial charge in [-0.1, -0.05) is 12.1 Å². The van der Waals surface area contributed by atoms with Crippen LogP contribution in [0.5, 0.6) is 11.5 Å². The summed E-state index contributed by atoms with van der Waals surface area (Å²) in [6.07, 6.45) is 0. The van der Waals surface area contributed by atoms with Crippen molar-refractivity contribution in [1.29, 1.82) is 0 Å². The third-order valence-electron chi connectivity index (χ3n) is 2.99. The Morgan fingerprint density at radius 1 is 0.952 bits per heavy atom. The van der Waals surface area contributed by atoms with Gasteiger partial charge in [0.2, 0.25) is 0 Å². The van der Waals surface area contributed by atoms with Crippen molar-refractivity contribution in [2.75, 3.05) is 14.2 Å². The van der Waals surface area contributed by atoms with Crippen LogP contribution in [0.4, 0.5) is 0 Å². The molecule has 112 valence electrons. The van der Waals surface area contributed by atoms with E-state index in [4.69, 9.17) is 9.47 Å². The predicted molar refractivity (Wildman–Crippen MR) is 91.9 cm³/mol. The number of nitrogens with one attached hydrogen (secondary N) is 1. The first-order valence-corrected chi connectivity index (χ1v) is 8.11. The molecule has 0 aliphatic carbocycles. The van der Waals surface area contributed by atoms with Gasteiger partial charge >= 0.3 is 0 Å². The number of rotatable bonds is 6. The van der Waals surface area contributed by atoms with Gasteiger partial charge in [0.15, 0.2) is 0 Å². The van der Waals surface area contributed by atoms with Gasteiger partial charge in [0, 0.05) is 6.54 Å². The van der Waals surface area contributed by atoms with Crippen molar-refractivity contribution in [2.45, 2.75) is 13.2 Å². The Kier molecular flexibility index (Phi) is 6.08. The van der Waals surface area contributed by atoms with Crippen molar-refractivity contribution in [3.05, 3.63) is 56.5 Å². The minimum atomic E-state index is 0.507. The van der Waals surface area contributed by atoms with E-state index in [-0.39, 0.29) is 0 Å². The van der Waals surface area contributed by atoms with Crippen LogP contribution in [0, 0.1) is 0 Å².